The Bertz CT molecular complexity index is 274. The van der Waals surface area contributed by atoms with E-state index in [1.54, 1.807) is 0 Å². The van der Waals surface area contributed by atoms with Crippen molar-refractivity contribution in [3.8, 4) is 0 Å². The summed E-state index contributed by atoms with van der Waals surface area (Å²) in [7, 11) is 0. The summed E-state index contributed by atoms with van der Waals surface area (Å²) >= 11 is 7.84. The van der Waals surface area contributed by atoms with Crippen molar-refractivity contribution in [3.63, 3.8) is 0 Å². The number of nitrogens with one attached hydrogen (secondary N) is 1. The fraction of sp³-hybridized carbons (Fsp3) is 0.538. The summed E-state index contributed by atoms with van der Waals surface area (Å²) in [5.41, 5.74) is 1.35. The summed E-state index contributed by atoms with van der Waals surface area (Å²) in [5, 5.41) is 4.27. The average molecular weight is 258 g/mol. The molecule has 3 heteroatoms. The first kappa shape index (κ1) is 13.9. The van der Waals surface area contributed by atoms with Crippen LogP contribution < -0.4 is 5.32 Å². The van der Waals surface area contributed by atoms with E-state index in [0.717, 1.165) is 24.5 Å². The highest BCUT2D eigenvalue weighted by Gasteiger charge is 1.93. The van der Waals surface area contributed by atoms with Gasteiger partial charge in [0.25, 0.3) is 0 Å². The fourth-order valence-corrected chi connectivity index (χ4v) is 2.22. The first-order valence-electron chi connectivity index (χ1n) is 5.86. The second-order valence-electron chi connectivity index (χ2n) is 3.68. The van der Waals surface area contributed by atoms with Gasteiger partial charge in [-0.25, -0.2) is 0 Å². The number of thioether (sulfide) groups is 1. The molecule has 0 aromatic heterocycles. The molecule has 0 heterocycles. The molecule has 0 saturated carbocycles. The van der Waals surface area contributed by atoms with Gasteiger partial charge in [-0.15, -0.1) is 0 Å². The standard InChI is InChI=1S/C13H20ClNS/c1-2-16-11-3-9-15-10-8-12-4-6-13(14)7-5-12/h4-7,15H,2-3,8-11H2,1H3. The third-order valence-corrected chi connectivity index (χ3v) is 3.59. The zero-order valence-corrected chi connectivity index (χ0v) is 11.4. The molecular formula is C13H20ClNS. The lowest BCUT2D eigenvalue weighted by atomic mass is 10.1. The van der Waals surface area contributed by atoms with Crippen molar-refractivity contribution >= 4 is 23.4 Å². The molecule has 1 N–H and O–H groups in total. The zero-order valence-electron chi connectivity index (χ0n) is 9.84. The number of halogens is 1. The SMILES string of the molecule is CCSCCCNCCc1ccc(Cl)cc1. The Hall–Kier alpha value is -0.180. The first-order valence-corrected chi connectivity index (χ1v) is 7.39. The molecule has 0 bridgehead atoms. The van der Waals surface area contributed by atoms with Gasteiger partial charge in [0.05, 0.1) is 0 Å². The second-order valence-corrected chi connectivity index (χ2v) is 5.51. The molecule has 0 aliphatic rings. The molecule has 1 aromatic carbocycles. The van der Waals surface area contributed by atoms with Crippen LogP contribution in [0.1, 0.15) is 18.9 Å². The minimum atomic E-state index is 0.813. The second kappa shape index (κ2) is 8.91. The zero-order chi connectivity index (χ0) is 11.6. The van der Waals surface area contributed by atoms with Crippen LogP contribution in [-0.2, 0) is 6.42 Å². The van der Waals surface area contributed by atoms with Crippen LogP contribution in [0.5, 0.6) is 0 Å². The molecule has 0 radical (unpaired) electrons. The van der Waals surface area contributed by atoms with Crippen LogP contribution in [0, 0.1) is 0 Å². The average Bonchev–Trinajstić information content (AvgIpc) is 2.30. The van der Waals surface area contributed by atoms with Gasteiger partial charge in [-0.3, -0.25) is 0 Å². The smallest absolute Gasteiger partial charge is 0.0406 e. The molecule has 90 valence electrons. The van der Waals surface area contributed by atoms with E-state index in [2.05, 4.69) is 24.4 Å². The summed E-state index contributed by atoms with van der Waals surface area (Å²) in [6, 6.07) is 8.09. The Morgan fingerprint density at radius 3 is 2.62 bits per heavy atom. The highest BCUT2D eigenvalue weighted by atomic mass is 35.5. The minimum Gasteiger partial charge on any atom is -0.316 e. The monoisotopic (exact) mass is 257 g/mol. The summed E-state index contributed by atoms with van der Waals surface area (Å²) in [6.45, 7) is 4.39. The quantitative estimate of drug-likeness (QED) is 0.714. The largest absolute Gasteiger partial charge is 0.316 e. The van der Waals surface area contributed by atoms with E-state index >= 15 is 0 Å². The minimum absolute atomic E-state index is 0.813. The fourth-order valence-electron chi connectivity index (χ4n) is 1.45. The van der Waals surface area contributed by atoms with Crippen LogP contribution in [0.4, 0.5) is 0 Å². The molecule has 1 nitrogen and oxygen atoms in total. The van der Waals surface area contributed by atoms with Crippen LogP contribution in [0.25, 0.3) is 0 Å². The van der Waals surface area contributed by atoms with E-state index in [-0.39, 0.29) is 0 Å². The highest BCUT2D eigenvalue weighted by molar-refractivity contribution is 7.99. The Balaban J connectivity index is 2.01. The van der Waals surface area contributed by atoms with E-state index in [0.29, 0.717) is 0 Å². The van der Waals surface area contributed by atoms with Crippen LogP contribution in [0.2, 0.25) is 5.02 Å². The summed E-state index contributed by atoms with van der Waals surface area (Å²) in [4.78, 5) is 0. The van der Waals surface area contributed by atoms with E-state index in [4.69, 9.17) is 11.6 Å². The summed E-state index contributed by atoms with van der Waals surface area (Å²) in [6.07, 6.45) is 2.34. The number of hydrogen-bond donors (Lipinski definition) is 1. The Kier molecular flexibility index (Phi) is 7.73. The molecule has 1 rings (SSSR count). The lowest BCUT2D eigenvalue weighted by molar-refractivity contribution is 0.674. The topological polar surface area (TPSA) is 12.0 Å². The van der Waals surface area contributed by atoms with Crippen LogP contribution in [0.15, 0.2) is 24.3 Å². The van der Waals surface area contributed by atoms with Crippen molar-refractivity contribution in [1.82, 2.24) is 5.32 Å². The maximum Gasteiger partial charge on any atom is 0.0406 e. The van der Waals surface area contributed by atoms with E-state index in [9.17, 15) is 0 Å². The lowest BCUT2D eigenvalue weighted by Crippen LogP contribution is -2.18. The molecule has 0 aliphatic heterocycles. The number of benzene rings is 1. The maximum atomic E-state index is 5.83. The molecule has 16 heavy (non-hydrogen) atoms. The van der Waals surface area contributed by atoms with Gasteiger partial charge in [-0.1, -0.05) is 30.7 Å². The lowest BCUT2D eigenvalue weighted by Gasteiger charge is -2.04. The third-order valence-electron chi connectivity index (χ3n) is 2.35. The maximum absolute atomic E-state index is 5.83. The van der Waals surface area contributed by atoms with Gasteiger partial charge in [0.2, 0.25) is 0 Å². The van der Waals surface area contributed by atoms with Crippen molar-refractivity contribution in [1.29, 1.82) is 0 Å². The van der Waals surface area contributed by atoms with Gasteiger partial charge in [-0.05, 0) is 55.1 Å². The normalized spacial score (nSPS) is 10.6. The van der Waals surface area contributed by atoms with Crippen LogP contribution in [0.3, 0.4) is 0 Å². The van der Waals surface area contributed by atoms with Crippen molar-refractivity contribution in [2.75, 3.05) is 24.6 Å². The summed E-state index contributed by atoms with van der Waals surface area (Å²) in [5.74, 6) is 2.50. The van der Waals surface area contributed by atoms with E-state index in [1.807, 2.05) is 23.9 Å². The van der Waals surface area contributed by atoms with E-state index in [1.165, 1.54) is 23.5 Å². The van der Waals surface area contributed by atoms with Gasteiger partial charge < -0.3 is 5.32 Å². The molecule has 0 unspecified atom stereocenters. The molecule has 0 fully saturated rings. The highest BCUT2D eigenvalue weighted by Crippen LogP contribution is 2.09. The predicted octanol–water partition coefficient (Wildman–Crippen LogP) is 3.62. The Morgan fingerprint density at radius 2 is 1.94 bits per heavy atom. The molecule has 0 saturated heterocycles. The van der Waals surface area contributed by atoms with E-state index < -0.39 is 0 Å². The Morgan fingerprint density at radius 1 is 1.19 bits per heavy atom. The number of rotatable bonds is 8. The molecule has 0 amide bonds. The van der Waals surface area contributed by atoms with Gasteiger partial charge in [0.15, 0.2) is 0 Å². The van der Waals surface area contributed by atoms with Gasteiger partial charge >= 0.3 is 0 Å². The molecular weight excluding hydrogens is 238 g/mol. The van der Waals surface area contributed by atoms with Gasteiger partial charge in [0.1, 0.15) is 0 Å². The predicted molar refractivity (Wildman–Crippen MR) is 75.6 cm³/mol. The number of hydrogen-bond acceptors (Lipinski definition) is 2. The molecule has 0 atom stereocenters. The van der Waals surface area contributed by atoms with Gasteiger partial charge in [0, 0.05) is 5.02 Å². The van der Waals surface area contributed by atoms with Crippen molar-refractivity contribution in [2.45, 2.75) is 19.8 Å². The molecule has 1 aromatic rings. The summed E-state index contributed by atoms with van der Waals surface area (Å²) < 4.78 is 0. The van der Waals surface area contributed by atoms with Gasteiger partial charge in [-0.2, -0.15) is 11.8 Å². The third kappa shape index (κ3) is 6.41. The Labute approximate surface area is 108 Å². The van der Waals surface area contributed by atoms with Crippen molar-refractivity contribution < 1.29 is 0 Å². The van der Waals surface area contributed by atoms with Crippen molar-refractivity contribution in [3.05, 3.63) is 34.9 Å². The van der Waals surface area contributed by atoms with Crippen LogP contribution in [-0.4, -0.2) is 24.6 Å². The molecule has 0 spiro atoms. The molecule has 0 aliphatic carbocycles. The van der Waals surface area contributed by atoms with Crippen molar-refractivity contribution in [2.24, 2.45) is 0 Å². The van der Waals surface area contributed by atoms with Crippen LogP contribution >= 0.6 is 23.4 Å². The first-order chi connectivity index (χ1) is 7.83.